The van der Waals surface area contributed by atoms with E-state index < -0.39 is 6.10 Å². The number of rotatable bonds is 8. The Morgan fingerprint density at radius 2 is 2.14 bits per heavy atom. The lowest BCUT2D eigenvalue weighted by Gasteiger charge is -2.33. The van der Waals surface area contributed by atoms with Crippen LogP contribution >= 0.6 is 22.7 Å². The van der Waals surface area contributed by atoms with Gasteiger partial charge in [-0.3, -0.25) is 9.36 Å². The maximum Gasteiger partial charge on any atom is 0.273 e. The van der Waals surface area contributed by atoms with Crippen molar-refractivity contribution in [3.05, 3.63) is 39.1 Å². The highest BCUT2D eigenvalue weighted by Gasteiger charge is 2.21. The zero-order valence-electron chi connectivity index (χ0n) is 16.4. The number of aliphatic hydroxyl groups excluding tert-OH is 1. The van der Waals surface area contributed by atoms with Crippen LogP contribution in [0.3, 0.4) is 0 Å². The third-order valence-corrected chi connectivity index (χ3v) is 6.95. The Morgan fingerprint density at radius 1 is 1.31 bits per heavy atom. The zero-order chi connectivity index (χ0) is 20.2. The number of likely N-dealkylation sites (N-methyl/N-ethyl adjacent to an activating group) is 1. The van der Waals surface area contributed by atoms with Crippen molar-refractivity contribution in [1.29, 1.82) is 0 Å². The summed E-state index contributed by atoms with van der Waals surface area (Å²) in [4.78, 5) is 27.5. The van der Waals surface area contributed by atoms with E-state index in [4.69, 9.17) is 4.74 Å². The molecule has 156 valence electrons. The number of aliphatic hydroxyl groups is 1. The molecular weight excluding hydrogens is 410 g/mol. The van der Waals surface area contributed by atoms with Crippen LogP contribution in [0.15, 0.2) is 28.6 Å². The number of thiophene rings is 1. The molecule has 4 heterocycles. The lowest BCUT2D eigenvalue weighted by molar-refractivity contribution is 0.0207. The normalized spacial score (nSPS) is 16.6. The molecule has 3 aromatic heterocycles. The lowest BCUT2D eigenvalue weighted by atomic mass is 10.3. The summed E-state index contributed by atoms with van der Waals surface area (Å²) in [6, 6.07) is 3.95. The van der Waals surface area contributed by atoms with Crippen molar-refractivity contribution in [3.8, 4) is 0 Å². The molecule has 1 N–H and O–H groups in total. The summed E-state index contributed by atoms with van der Waals surface area (Å²) in [6.45, 7) is 7.81. The van der Waals surface area contributed by atoms with Gasteiger partial charge in [-0.15, -0.1) is 11.3 Å². The summed E-state index contributed by atoms with van der Waals surface area (Å²) in [5, 5.41) is 13.1. The second-order valence-electron chi connectivity index (χ2n) is 7.02. The van der Waals surface area contributed by atoms with Crippen molar-refractivity contribution in [2.45, 2.75) is 26.2 Å². The molecule has 0 aliphatic carbocycles. The molecule has 0 spiro atoms. The van der Waals surface area contributed by atoms with Crippen molar-refractivity contribution < 1.29 is 9.84 Å². The number of nitrogens with zero attached hydrogens (tertiary/aromatic N) is 5. The molecule has 1 aliphatic rings. The minimum absolute atomic E-state index is 0.147. The van der Waals surface area contributed by atoms with Gasteiger partial charge in [-0.1, -0.05) is 24.3 Å². The Morgan fingerprint density at radius 3 is 2.86 bits per heavy atom. The van der Waals surface area contributed by atoms with Crippen molar-refractivity contribution >= 4 is 38.2 Å². The predicted molar refractivity (Wildman–Crippen MR) is 116 cm³/mol. The van der Waals surface area contributed by atoms with Crippen molar-refractivity contribution in [3.63, 3.8) is 0 Å². The topological polar surface area (TPSA) is 83.7 Å². The van der Waals surface area contributed by atoms with Crippen molar-refractivity contribution in [2.24, 2.45) is 0 Å². The monoisotopic (exact) mass is 435 g/mol. The number of hydrogen-bond acceptors (Lipinski definition) is 9. The fourth-order valence-corrected chi connectivity index (χ4v) is 4.99. The summed E-state index contributed by atoms with van der Waals surface area (Å²) in [6.07, 6.45) is 0.688. The van der Waals surface area contributed by atoms with Gasteiger partial charge in [0.15, 0.2) is 10.8 Å². The van der Waals surface area contributed by atoms with Crippen LogP contribution in [0.25, 0.3) is 10.3 Å². The Hall–Kier alpha value is -1.85. The van der Waals surface area contributed by atoms with E-state index in [-0.39, 0.29) is 18.7 Å². The van der Waals surface area contributed by atoms with Crippen LogP contribution in [0, 0.1) is 0 Å². The van der Waals surface area contributed by atoms with Gasteiger partial charge in [0, 0.05) is 31.1 Å². The summed E-state index contributed by atoms with van der Waals surface area (Å²) < 4.78 is 7.52. The highest BCUT2D eigenvalue weighted by molar-refractivity contribution is 7.22. The van der Waals surface area contributed by atoms with Gasteiger partial charge < -0.3 is 19.6 Å². The van der Waals surface area contributed by atoms with Crippen LogP contribution < -0.4 is 10.5 Å². The Kier molecular flexibility index (Phi) is 6.56. The molecule has 1 saturated heterocycles. The molecule has 1 fully saturated rings. The number of aromatic nitrogens is 3. The van der Waals surface area contributed by atoms with Crippen molar-refractivity contribution in [2.75, 3.05) is 44.2 Å². The molecular formula is C19H25N5O3S2. The molecule has 0 aromatic carbocycles. The first-order valence-corrected chi connectivity index (χ1v) is 11.4. The second kappa shape index (κ2) is 9.31. The van der Waals surface area contributed by atoms with Crippen LogP contribution in [0.5, 0.6) is 0 Å². The van der Waals surface area contributed by atoms with Crippen LogP contribution in [0.2, 0.25) is 0 Å². The van der Waals surface area contributed by atoms with E-state index in [0.717, 1.165) is 42.7 Å². The lowest BCUT2D eigenvalue weighted by Crippen LogP contribution is -2.46. The predicted octanol–water partition coefficient (Wildman–Crippen LogP) is 1.63. The third-order valence-electron chi connectivity index (χ3n) is 5.00. The molecule has 0 radical (unpaired) electrons. The van der Waals surface area contributed by atoms with Gasteiger partial charge >= 0.3 is 0 Å². The molecule has 10 heteroatoms. The van der Waals surface area contributed by atoms with Crippen LogP contribution in [0.1, 0.15) is 11.8 Å². The number of ether oxygens (including phenoxy) is 1. The molecule has 0 unspecified atom stereocenters. The molecule has 4 rings (SSSR count). The molecule has 0 amide bonds. The average Bonchev–Trinajstić information content (AvgIpc) is 3.40. The summed E-state index contributed by atoms with van der Waals surface area (Å²) in [5.74, 6) is 0. The van der Waals surface area contributed by atoms with Crippen LogP contribution in [-0.4, -0.2) is 70.0 Å². The molecule has 1 atom stereocenters. The number of fused-ring (bicyclic) bond motifs is 1. The van der Waals surface area contributed by atoms with Gasteiger partial charge in [0.2, 0.25) is 0 Å². The van der Waals surface area contributed by atoms with Gasteiger partial charge in [-0.05, 0) is 18.0 Å². The summed E-state index contributed by atoms with van der Waals surface area (Å²) >= 11 is 3.00. The standard InChI is InChI=1S/C19H25N5O3S2/c1-2-22-5-7-23(8-6-22)19-21-17-16(29-19)18(26)24(13-20-17)10-14(25)11-27-12-15-4-3-9-28-15/h3-4,9,13-14,25H,2,5-8,10-12H2,1H3/t14-/m0/s1. The number of piperazine rings is 1. The molecule has 29 heavy (non-hydrogen) atoms. The fourth-order valence-electron chi connectivity index (χ4n) is 3.33. The maximum atomic E-state index is 12.8. The van der Waals surface area contributed by atoms with E-state index in [0.29, 0.717) is 17.0 Å². The smallest absolute Gasteiger partial charge is 0.273 e. The number of thiazole rings is 1. The van der Waals surface area contributed by atoms with E-state index in [1.807, 2.05) is 17.5 Å². The Labute approximate surface area is 177 Å². The highest BCUT2D eigenvalue weighted by atomic mass is 32.1. The highest BCUT2D eigenvalue weighted by Crippen LogP contribution is 2.26. The van der Waals surface area contributed by atoms with Gasteiger partial charge in [-0.25, -0.2) is 4.98 Å². The maximum absolute atomic E-state index is 12.8. The van der Waals surface area contributed by atoms with Gasteiger partial charge in [0.1, 0.15) is 11.0 Å². The van der Waals surface area contributed by atoms with Crippen molar-refractivity contribution in [1.82, 2.24) is 19.4 Å². The zero-order valence-corrected chi connectivity index (χ0v) is 18.0. The van der Waals surface area contributed by atoms with Gasteiger partial charge in [0.25, 0.3) is 5.56 Å². The molecule has 0 bridgehead atoms. The molecule has 1 aliphatic heterocycles. The Balaban J connectivity index is 1.40. The first-order chi connectivity index (χ1) is 14.1. The quantitative estimate of drug-likeness (QED) is 0.576. The molecule has 8 nitrogen and oxygen atoms in total. The van der Waals surface area contributed by atoms with Gasteiger partial charge in [0.05, 0.1) is 25.9 Å². The Bertz CT molecular complexity index is 980. The van der Waals surface area contributed by atoms with Crippen LogP contribution in [0.4, 0.5) is 5.13 Å². The van der Waals surface area contributed by atoms with Crippen LogP contribution in [-0.2, 0) is 17.9 Å². The SMILES string of the molecule is CCN1CCN(c2nc3ncn(C[C@H](O)COCc4cccs4)c(=O)c3s2)CC1. The van der Waals surface area contributed by atoms with E-state index in [2.05, 4.69) is 26.7 Å². The second-order valence-corrected chi connectivity index (χ2v) is 9.03. The fraction of sp³-hybridized carbons (Fsp3) is 0.526. The first-order valence-electron chi connectivity index (χ1n) is 9.75. The first kappa shape index (κ1) is 20.4. The minimum atomic E-state index is -0.776. The summed E-state index contributed by atoms with van der Waals surface area (Å²) in [5.41, 5.74) is 0.316. The number of hydrogen-bond donors (Lipinski definition) is 1. The minimum Gasteiger partial charge on any atom is -0.389 e. The molecule has 3 aromatic rings. The third kappa shape index (κ3) is 4.84. The van der Waals surface area contributed by atoms with E-state index in [1.165, 1.54) is 22.2 Å². The summed E-state index contributed by atoms with van der Waals surface area (Å²) in [7, 11) is 0. The largest absolute Gasteiger partial charge is 0.389 e. The average molecular weight is 436 g/mol. The van der Waals surface area contributed by atoms with Gasteiger partial charge in [-0.2, -0.15) is 4.98 Å². The van der Waals surface area contributed by atoms with E-state index in [9.17, 15) is 9.90 Å². The van der Waals surface area contributed by atoms with E-state index >= 15 is 0 Å². The number of anilines is 1. The molecule has 0 saturated carbocycles. The van der Waals surface area contributed by atoms with E-state index in [1.54, 1.807) is 11.3 Å².